The Morgan fingerprint density at radius 3 is 2.50 bits per heavy atom. The topological polar surface area (TPSA) is 28.2 Å². The Balaban J connectivity index is 2.29. The van der Waals surface area contributed by atoms with Crippen LogP contribution in [0, 0.1) is 0 Å². The van der Waals surface area contributed by atoms with Crippen LogP contribution < -0.4 is 5.32 Å². The van der Waals surface area contributed by atoms with E-state index in [1.165, 1.54) is 18.4 Å². The maximum atomic E-state index is 4.04. The molecule has 1 unspecified atom stereocenters. The summed E-state index contributed by atoms with van der Waals surface area (Å²) < 4.78 is 0. The lowest BCUT2D eigenvalue weighted by molar-refractivity contribution is 0.254. The molecule has 1 rings (SSSR count). The van der Waals surface area contributed by atoms with Crippen molar-refractivity contribution in [1.29, 1.82) is 0 Å². The highest BCUT2D eigenvalue weighted by atomic mass is 15.1. The van der Waals surface area contributed by atoms with Crippen molar-refractivity contribution in [2.24, 2.45) is 0 Å². The Bertz CT molecular complexity index is 311. The molecule has 0 bridgehead atoms. The van der Waals surface area contributed by atoms with Gasteiger partial charge in [0.15, 0.2) is 0 Å². The van der Waals surface area contributed by atoms with Crippen LogP contribution >= 0.6 is 0 Å². The molecule has 0 saturated heterocycles. The van der Waals surface area contributed by atoms with E-state index in [1.807, 2.05) is 12.4 Å². The highest BCUT2D eigenvalue weighted by Crippen LogP contribution is 2.04. The molecule has 3 heteroatoms. The smallest absolute Gasteiger partial charge is 0.0271 e. The van der Waals surface area contributed by atoms with E-state index in [4.69, 9.17) is 0 Å². The molecule has 18 heavy (non-hydrogen) atoms. The highest BCUT2D eigenvalue weighted by molar-refractivity contribution is 5.09. The van der Waals surface area contributed by atoms with Gasteiger partial charge in [0.25, 0.3) is 0 Å². The predicted molar refractivity (Wildman–Crippen MR) is 77.5 cm³/mol. The van der Waals surface area contributed by atoms with Gasteiger partial charge in [-0.15, -0.1) is 0 Å². The van der Waals surface area contributed by atoms with Crippen LogP contribution in [0.4, 0.5) is 0 Å². The summed E-state index contributed by atoms with van der Waals surface area (Å²) in [6.07, 6.45) is 6.09. The molecule has 1 aromatic heterocycles. The molecule has 0 spiro atoms. The zero-order chi connectivity index (χ0) is 13.4. The third kappa shape index (κ3) is 5.61. The average molecular weight is 249 g/mol. The average Bonchev–Trinajstić information content (AvgIpc) is 2.39. The Kier molecular flexibility index (Phi) is 6.91. The lowest BCUT2D eigenvalue weighted by Gasteiger charge is -2.24. The number of nitrogens with zero attached hydrogens (tertiary/aromatic N) is 2. The molecule has 0 fully saturated rings. The SMILES string of the molecule is CCC(CCN(C)C(C)C)NCc1ccncc1. The molecule has 102 valence electrons. The van der Waals surface area contributed by atoms with Crippen LogP contribution in [0.3, 0.4) is 0 Å². The number of aromatic nitrogens is 1. The normalized spacial score (nSPS) is 13.2. The lowest BCUT2D eigenvalue weighted by atomic mass is 10.1. The number of rotatable bonds is 8. The van der Waals surface area contributed by atoms with Gasteiger partial charge in [-0.3, -0.25) is 4.98 Å². The van der Waals surface area contributed by atoms with E-state index in [0.717, 1.165) is 13.1 Å². The van der Waals surface area contributed by atoms with Crippen LogP contribution in [-0.2, 0) is 6.54 Å². The molecule has 1 heterocycles. The summed E-state index contributed by atoms with van der Waals surface area (Å²) in [6, 6.07) is 5.36. The number of nitrogens with one attached hydrogen (secondary N) is 1. The summed E-state index contributed by atoms with van der Waals surface area (Å²) in [7, 11) is 2.19. The van der Waals surface area contributed by atoms with E-state index >= 15 is 0 Å². The maximum absolute atomic E-state index is 4.04. The molecule has 3 nitrogen and oxygen atoms in total. The molecule has 0 radical (unpaired) electrons. The first kappa shape index (κ1) is 15.1. The van der Waals surface area contributed by atoms with Gasteiger partial charge in [-0.1, -0.05) is 6.92 Å². The van der Waals surface area contributed by atoms with E-state index < -0.39 is 0 Å². The molecule has 1 atom stereocenters. The minimum Gasteiger partial charge on any atom is -0.310 e. The molecule has 0 aromatic carbocycles. The maximum Gasteiger partial charge on any atom is 0.0271 e. The molecule has 1 aromatic rings. The van der Waals surface area contributed by atoms with Crippen molar-refractivity contribution < 1.29 is 0 Å². The number of hydrogen-bond donors (Lipinski definition) is 1. The van der Waals surface area contributed by atoms with Crippen molar-refractivity contribution in [1.82, 2.24) is 15.2 Å². The van der Waals surface area contributed by atoms with Crippen molar-refractivity contribution in [3.63, 3.8) is 0 Å². The van der Waals surface area contributed by atoms with Crippen molar-refractivity contribution in [3.8, 4) is 0 Å². The minimum atomic E-state index is 0.597. The van der Waals surface area contributed by atoms with Crippen LogP contribution in [-0.4, -0.2) is 35.6 Å². The van der Waals surface area contributed by atoms with Crippen molar-refractivity contribution in [2.45, 2.75) is 52.2 Å². The van der Waals surface area contributed by atoms with Gasteiger partial charge in [-0.05, 0) is 58.0 Å². The van der Waals surface area contributed by atoms with E-state index in [2.05, 4.69) is 55.2 Å². The second-order valence-corrected chi connectivity index (χ2v) is 5.20. The number of pyridine rings is 1. The first-order chi connectivity index (χ1) is 8.63. The molecule has 0 aliphatic rings. The van der Waals surface area contributed by atoms with E-state index in [-0.39, 0.29) is 0 Å². The first-order valence-electron chi connectivity index (χ1n) is 6.96. The molecule has 0 amide bonds. The van der Waals surface area contributed by atoms with Crippen molar-refractivity contribution >= 4 is 0 Å². The first-order valence-corrected chi connectivity index (χ1v) is 6.96. The van der Waals surface area contributed by atoms with E-state index in [0.29, 0.717) is 12.1 Å². The minimum absolute atomic E-state index is 0.597. The van der Waals surface area contributed by atoms with Gasteiger partial charge >= 0.3 is 0 Å². The fraction of sp³-hybridized carbons (Fsp3) is 0.667. The molecule has 0 saturated carbocycles. The largest absolute Gasteiger partial charge is 0.310 e. The Morgan fingerprint density at radius 1 is 1.28 bits per heavy atom. The second kappa shape index (κ2) is 8.22. The Morgan fingerprint density at radius 2 is 1.94 bits per heavy atom. The van der Waals surface area contributed by atoms with Gasteiger partial charge in [0.2, 0.25) is 0 Å². The van der Waals surface area contributed by atoms with E-state index in [1.54, 1.807) is 0 Å². The third-order valence-electron chi connectivity index (χ3n) is 3.55. The summed E-state index contributed by atoms with van der Waals surface area (Å²) in [6.45, 7) is 8.82. The number of hydrogen-bond acceptors (Lipinski definition) is 3. The van der Waals surface area contributed by atoms with Crippen molar-refractivity contribution in [3.05, 3.63) is 30.1 Å². The second-order valence-electron chi connectivity index (χ2n) is 5.20. The Labute approximate surface area is 112 Å². The van der Waals surface area contributed by atoms with Crippen LogP contribution in [0.2, 0.25) is 0 Å². The zero-order valence-corrected chi connectivity index (χ0v) is 12.2. The van der Waals surface area contributed by atoms with Gasteiger partial charge in [0.05, 0.1) is 0 Å². The fourth-order valence-corrected chi connectivity index (χ4v) is 1.83. The fourth-order valence-electron chi connectivity index (χ4n) is 1.83. The molecule has 1 N–H and O–H groups in total. The molecular weight excluding hydrogens is 222 g/mol. The zero-order valence-electron chi connectivity index (χ0n) is 12.2. The predicted octanol–water partition coefficient (Wildman–Crippen LogP) is 2.68. The van der Waals surface area contributed by atoms with Crippen LogP contribution in [0.5, 0.6) is 0 Å². The van der Waals surface area contributed by atoms with Crippen LogP contribution in [0.15, 0.2) is 24.5 Å². The monoisotopic (exact) mass is 249 g/mol. The molecular formula is C15H27N3. The molecule has 0 aliphatic carbocycles. The van der Waals surface area contributed by atoms with Gasteiger partial charge in [0.1, 0.15) is 0 Å². The summed E-state index contributed by atoms with van der Waals surface area (Å²) in [5, 5.41) is 3.63. The molecule has 0 aliphatic heterocycles. The van der Waals surface area contributed by atoms with Crippen molar-refractivity contribution in [2.75, 3.05) is 13.6 Å². The third-order valence-corrected chi connectivity index (χ3v) is 3.55. The van der Waals surface area contributed by atoms with Gasteiger partial charge < -0.3 is 10.2 Å². The summed E-state index contributed by atoms with van der Waals surface area (Å²) in [4.78, 5) is 6.44. The van der Waals surface area contributed by atoms with Crippen LogP contribution in [0.25, 0.3) is 0 Å². The summed E-state index contributed by atoms with van der Waals surface area (Å²) >= 11 is 0. The highest BCUT2D eigenvalue weighted by Gasteiger charge is 2.09. The van der Waals surface area contributed by atoms with Crippen LogP contribution in [0.1, 0.15) is 39.2 Å². The standard InChI is InChI=1S/C15H27N3/c1-5-15(8-11-18(4)13(2)3)17-12-14-6-9-16-10-7-14/h6-7,9-10,13,15,17H,5,8,11-12H2,1-4H3. The summed E-state index contributed by atoms with van der Waals surface area (Å²) in [5.41, 5.74) is 1.31. The van der Waals surface area contributed by atoms with Gasteiger partial charge in [0, 0.05) is 31.0 Å². The van der Waals surface area contributed by atoms with Gasteiger partial charge in [-0.2, -0.15) is 0 Å². The lowest BCUT2D eigenvalue weighted by Crippen LogP contribution is -2.34. The quantitative estimate of drug-likeness (QED) is 0.768. The summed E-state index contributed by atoms with van der Waals surface area (Å²) in [5.74, 6) is 0. The Hall–Kier alpha value is -0.930. The van der Waals surface area contributed by atoms with Gasteiger partial charge in [-0.25, -0.2) is 0 Å². The van der Waals surface area contributed by atoms with E-state index in [9.17, 15) is 0 Å².